The average Bonchev–Trinajstić information content (AvgIpc) is 2.29. The Hall–Kier alpha value is -1.42. The first-order valence-corrected chi connectivity index (χ1v) is 7.39. The number of halogens is 1. The summed E-state index contributed by atoms with van der Waals surface area (Å²) in [6.07, 6.45) is 2.33. The number of aromatic nitrogens is 2. The Labute approximate surface area is 118 Å². The van der Waals surface area contributed by atoms with E-state index < -0.39 is 10.0 Å². The largest absolute Gasteiger partial charge is 0.368 e. The van der Waals surface area contributed by atoms with Crippen molar-refractivity contribution in [1.82, 2.24) is 9.97 Å². The van der Waals surface area contributed by atoms with Crippen molar-refractivity contribution in [3.8, 4) is 0 Å². The molecule has 0 amide bonds. The standard InChI is InChI=1S/C10H9IN4O2S/c11-7-2-1-3-8(4-7)15-18(16,17)9-5-13-10(12)14-6-9/h1-6,15H,(H2,12,13,14). The fourth-order valence-electron chi connectivity index (χ4n) is 1.23. The van der Waals surface area contributed by atoms with Crippen LogP contribution in [0.4, 0.5) is 11.6 Å². The molecule has 0 aliphatic carbocycles. The third-order valence-electron chi connectivity index (χ3n) is 2.04. The maximum absolute atomic E-state index is 12.0. The van der Waals surface area contributed by atoms with E-state index in [2.05, 4.69) is 37.3 Å². The van der Waals surface area contributed by atoms with Gasteiger partial charge >= 0.3 is 0 Å². The molecule has 2 rings (SSSR count). The van der Waals surface area contributed by atoms with Crippen LogP contribution in [0, 0.1) is 3.57 Å². The second-order valence-corrected chi connectivity index (χ2v) is 6.32. The number of nitrogen functional groups attached to an aromatic ring is 1. The van der Waals surface area contributed by atoms with Crippen LogP contribution in [-0.4, -0.2) is 18.4 Å². The molecule has 0 saturated carbocycles. The Kier molecular flexibility index (Phi) is 3.66. The summed E-state index contributed by atoms with van der Waals surface area (Å²) >= 11 is 2.10. The van der Waals surface area contributed by atoms with E-state index in [-0.39, 0.29) is 10.8 Å². The molecule has 1 aromatic heterocycles. The molecule has 0 atom stereocenters. The summed E-state index contributed by atoms with van der Waals surface area (Å²) in [5, 5.41) is 0. The second kappa shape index (κ2) is 5.06. The van der Waals surface area contributed by atoms with Crippen LogP contribution in [0.5, 0.6) is 0 Å². The van der Waals surface area contributed by atoms with Gasteiger partial charge in [0.25, 0.3) is 10.0 Å². The Morgan fingerprint density at radius 3 is 2.50 bits per heavy atom. The molecule has 0 aliphatic rings. The predicted molar refractivity (Wildman–Crippen MR) is 76.4 cm³/mol. The van der Waals surface area contributed by atoms with Crippen molar-refractivity contribution in [3.05, 3.63) is 40.2 Å². The molecule has 6 nitrogen and oxygen atoms in total. The van der Waals surface area contributed by atoms with Gasteiger partial charge in [-0.3, -0.25) is 4.72 Å². The van der Waals surface area contributed by atoms with Crippen LogP contribution in [0.3, 0.4) is 0 Å². The molecular formula is C10H9IN4O2S. The summed E-state index contributed by atoms with van der Waals surface area (Å²) in [7, 11) is -3.68. The van der Waals surface area contributed by atoms with Crippen LogP contribution < -0.4 is 10.5 Å². The topological polar surface area (TPSA) is 98.0 Å². The lowest BCUT2D eigenvalue weighted by Gasteiger charge is -2.07. The summed E-state index contributed by atoms with van der Waals surface area (Å²) in [6, 6.07) is 7.01. The first-order chi connectivity index (χ1) is 8.47. The Bertz CT molecular complexity index is 658. The predicted octanol–water partition coefficient (Wildman–Crippen LogP) is 1.46. The Morgan fingerprint density at radius 1 is 1.22 bits per heavy atom. The smallest absolute Gasteiger partial charge is 0.264 e. The number of sulfonamides is 1. The molecule has 0 unspecified atom stereocenters. The fourth-order valence-corrected chi connectivity index (χ4v) is 2.71. The van der Waals surface area contributed by atoms with Crippen LogP contribution in [0.25, 0.3) is 0 Å². The second-order valence-electron chi connectivity index (χ2n) is 3.39. The first-order valence-electron chi connectivity index (χ1n) is 4.83. The zero-order valence-corrected chi connectivity index (χ0v) is 12.0. The van der Waals surface area contributed by atoms with Crippen molar-refractivity contribution in [3.63, 3.8) is 0 Å². The van der Waals surface area contributed by atoms with Crippen molar-refractivity contribution in [2.75, 3.05) is 10.5 Å². The van der Waals surface area contributed by atoms with Crippen LogP contribution >= 0.6 is 22.6 Å². The summed E-state index contributed by atoms with van der Waals surface area (Å²) in [6.45, 7) is 0. The number of hydrogen-bond donors (Lipinski definition) is 2. The van der Waals surface area contributed by atoms with E-state index in [0.29, 0.717) is 5.69 Å². The third kappa shape index (κ3) is 3.07. The molecule has 94 valence electrons. The van der Waals surface area contributed by atoms with Gasteiger partial charge in [0.2, 0.25) is 5.95 Å². The third-order valence-corrected chi connectivity index (χ3v) is 4.04. The molecule has 18 heavy (non-hydrogen) atoms. The van der Waals surface area contributed by atoms with Crippen molar-refractivity contribution in [2.24, 2.45) is 0 Å². The SMILES string of the molecule is Nc1ncc(S(=O)(=O)Nc2cccc(I)c2)cn1. The molecule has 0 spiro atoms. The molecular weight excluding hydrogens is 367 g/mol. The summed E-state index contributed by atoms with van der Waals surface area (Å²) in [5.74, 6) is 0.0307. The van der Waals surface area contributed by atoms with Crippen LogP contribution in [0.1, 0.15) is 0 Å². The van der Waals surface area contributed by atoms with Crippen LogP contribution in [0.15, 0.2) is 41.6 Å². The van der Waals surface area contributed by atoms with E-state index in [0.717, 1.165) is 3.57 Å². The minimum absolute atomic E-state index is 0.0307. The summed E-state index contributed by atoms with van der Waals surface area (Å²) in [5.41, 5.74) is 5.79. The number of nitrogens with two attached hydrogens (primary N) is 1. The van der Waals surface area contributed by atoms with Gasteiger partial charge in [0.05, 0.1) is 12.4 Å². The van der Waals surface area contributed by atoms with E-state index in [1.165, 1.54) is 12.4 Å². The van der Waals surface area contributed by atoms with Gasteiger partial charge in [-0.2, -0.15) is 0 Å². The van der Waals surface area contributed by atoms with Gasteiger partial charge in [-0.1, -0.05) is 6.07 Å². The molecule has 2 aromatic rings. The van der Waals surface area contributed by atoms with Gasteiger partial charge in [-0.25, -0.2) is 18.4 Å². The highest BCUT2D eigenvalue weighted by molar-refractivity contribution is 14.1. The van der Waals surface area contributed by atoms with Crippen molar-refractivity contribution >= 4 is 44.2 Å². The van der Waals surface area contributed by atoms with Gasteiger partial charge in [-0.15, -0.1) is 0 Å². The monoisotopic (exact) mass is 376 g/mol. The van der Waals surface area contributed by atoms with E-state index >= 15 is 0 Å². The highest BCUT2D eigenvalue weighted by atomic mass is 127. The molecule has 0 fully saturated rings. The van der Waals surface area contributed by atoms with Gasteiger partial charge in [0.15, 0.2) is 0 Å². The van der Waals surface area contributed by atoms with E-state index in [9.17, 15) is 8.42 Å². The zero-order chi connectivity index (χ0) is 13.2. The molecule has 1 aromatic carbocycles. The number of anilines is 2. The van der Waals surface area contributed by atoms with E-state index in [1.54, 1.807) is 18.2 Å². The minimum atomic E-state index is -3.68. The number of benzene rings is 1. The molecule has 0 aliphatic heterocycles. The van der Waals surface area contributed by atoms with Crippen molar-refractivity contribution < 1.29 is 8.42 Å². The molecule has 3 N–H and O–H groups in total. The lowest BCUT2D eigenvalue weighted by molar-refractivity contribution is 0.600. The fraction of sp³-hybridized carbons (Fsp3) is 0. The van der Waals surface area contributed by atoms with Gasteiger partial charge in [0, 0.05) is 9.26 Å². The highest BCUT2D eigenvalue weighted by Gasteiger charge is 2.15. The molecule has 0 radical (unpaired) electrons. The molecule has 1 heterocycles. The highest BCUT2D eigenvalue weighted by Crippen LogP contribution is 2.17. The Morgan fingerprint density at radius 2 is 1.89 bits per heavy atom. The molecule has 8 heteroatoms. The average molecular weight is 376 g/mol. The van der Waals surface area contributed by atoms with Gasteiger partial charge in [-0.05, 0) is 40.8 Å². The Balaban J connectivity index is 2.30. The number of nitrogens with one attached hydrogen (secondary N) is 1. The number of nitrogens with zero attached hydrogens (tertiary/aromatic N) is 2. The quantitative estimate of drug-likeness (QED) is 0.791. The lowest BCUT2D eigenvalue weighted by Crippen LogP contribution is -2.14. The van der Waals surface area contributed by atoms with Gasteiger partial charge < -0.3 is 5.73 Å². The van der Waals surface area contributed by atoms with Crippen LogP contribution in [0.2, 0.25) is 0 Å². The first kappa shape index (κ1) is 13.0. The molecule has 0 bridgehead atoms. The summed E-state index contributed by atoms with van der Waals surface area (Å²) in [4.78, 5) is 7.27. The lowest BCUT2D eigenvalue weighted by atomic mass is 10.3. The maximum Gasteiger partial charge on any atom is 0.264 e. The number of rotatable bonds is 3. The van der Waals surface area contributed by atoms with E-state index in [4.69, 9.17) is 5.73 Å². The maximum atomic E-state index is 12.0. The molecule has 0 saturated heterocycles. The normalized spacial score (nSPS) is 11.2. The summed E-state index contributed by atoms with van der Waals surface area (Å²) < 4.78 is 27.4. The van der Waals surface area contributed by atoms with Crippen molar-refractivity contribution in [2.45, 2.75) is 4.90 Å². The number of hydrogen-bond acceptors (Lipinski definition) is 5. The van der Waals surface area contributed by atoms with Gasteiger partial charge in [0.1, 0.15) is 4.90 Å². The van der Waals surface area contributed by atoms with Crippen LogP contribution in [-0.2, 0) is 10.0 Å². The zero-order valence-electron chi connectivity index (χ0n) is 9.04. The van der Waals surface area contributed by atoms with E-state index in [1.807, 2.05) is 6.07 Å². The van der Waals surface area contributed by atoms with Crippen molar-refractivity contribution in [1.29, 1.82) is 0 Å². The minimum Gasteiger partial charge on any atom is -0.368 e.